The molecule has 2 aromatic heterocycles. The highest BCUT2D eigenvalue weighted by Crippen LogP contribution is 2.30. The second-order valence-corrected chi connectivity index (χ2v) is 9.73. The van der Waals surface area contributed by atoms with E-state index in [1.165, 1.54) is 0 Å². The van der Waals surface area contributed by atoms with Crippen molar-refractivity contribution in [2.24, 2.45) is 0 Å². The summed E-state index contributed by atoms with van der Waals surface area (Å²) >= 11 is 1.61. The van der Waals surface area contributed by atoms with Crippen molar-refractivity contribution in [3.05, 3.63) is 84.2 Å². The van der Waals surface area contributed by atoms with E-state index in [-0.39, 0.29) is 5.91 Å². The summed E-state index contributed by atoms with van der Waals surface area (Å²) < 4.78 is 7.38. The Labute approximate surface area is 221 Å². The number of methoxy groups -OCH3 is 1. The van der Waals surface area contributed by atoms with Gasteiger partial charge in [0.2, 0.25) is 0 Å². The fourth-order valence-electron chi connectivity index (χ4n) is 4.36. The minimum atomic E-state index is 0.108. The van der Waals surface area contributed by atoms with Gasteiger partial charge in [0.25, 0.3) is 5.91 Å². The van der Waals surface area contributed by atoms with Gasteiger partial charge in [0.1, 0.15) is 5.75 Å². The number of likely N-dealkylation sites (N-methyl/N-ethyl adjacent to an activating group) is 1. The summed E-state index contributed by atoms with van der Waals surface area (Å²) in [6.07, 6.45) is 3.50. The van der Waals surface area contributed by atoms with Crippen molar-refractivity contribution in [3.8, 4) is 22.8 Å². The van der Waals surface area contributed by atoms with Gasteiger partial charge >= 0.3 is 0 Å². The van der Waals surface area contributed by atoms with Crippen LogP contribution in [0.1, 0.15) is 22.8 Å². The first-order valence-corrected chi connectivity index (χ1v) is 13.4. The number of carbonyl (C=O) groups excluding carboxylic acids is 1. The molecule has 0 N–H and O–H groups in total. The first kappa shape index (κ1) is 25.0. The third-order valence-electron chi connectivity index (χ3n) is 6.58. The largest absolute Gasteiger partial charge is 0.497 e. The predicted octanol–water partition coefficient (Wildman–Crippen LogP) is 4.41. The second kappa shape index (κ2) is 11.6. The van der Waals surface area contributed by atoms with Crippen molar-refractivity contribution in [1.82, 2.24) is 29.5 Å². The number of aromatic nitrogens is 4. The molecule has 5 rings (SSSR count). The molecule has 2 aromatic carbocycles. The highest BCUT2D eigenvalue weighted by Gasteiger charge is 2.21. The molecule has 1 saturated heterocycles. The third kappa shape index (κ3) is 5.68. The van der Waals surface area contributed by atoms with Crippen molar-refractivity contribution in [2.75, 3.05) is 39.8 Å². The molecule has 0 saturated carbocycles. The fraction of sp³-hybridized carbons (Fsp3) is 0.286. The van der Waals surface area contributed by atoms with Crippen LogP contribution in [0.15, 0.2) is 78.2 Å². The van der Waals surface area contributed by atoms with E-state index < -0.39 is 0 Å². The number of carbonyl (C=O) groups is 1. The van der Waals surface area contributed by atoms with Gasteiger partial charge in [-0.1, -0.05) is 30.8 Å². The van der Waals surface area contributed by atoms with Gasteiger partial charge in [0, 0.05) is 61.1 Å². The molecule has 3 heterocycles. The van der Waals surface area contributed by atoms with Gasteiger partial charge in [-0.05, 0) is 60.6 Å². The van der Waals surface area contributed by atoms with Crippen molar-refractivity contribution in [3.63, 3.8) is 0 Å². The summed E-state index contributed by atoms with van der Waals surface area (Å²) in [4.78, 5) is 21.4. The first-order valence-electron chi connectivity index (χ1n) is 12.4. The Morgan fingerprint density at radius 1 is 0.919 bits per heavy atom. The van der Waals surface area contributed by atoms with Gasteiger partial charge in [0.15, 0.2) is 11.0 Å². The number of piperazine rings is 1. The lowest BCUT2D eigenvalue weighted by atomic mass is 10.1. The lowest BCUT2D eigenvalue weighted by Gasteiger charge is -2.34. The summed E-state index contributed by atoms with van der Waals surface area (Å²) in [6, 6.07) is 19.6. The molecule has 0 aliphatic carbocycles. The van der Waals surface area contributed by atoms with Crippen LogP contribution in [0.4, 0.5) is 0 Å². The number of ether oxygens (including phenoxy) is 1. The van der Waals surface area contributed by atoms with E-state index in [1.54, 1.807) is 31.3 Å². The maximum atomic E-state index is 12.9. The number of thioether (sulfide) groups is 1. The number of pyridine rings is 1. The molecular formula is C28H30N6O2S. The maximum absolute atomic E-state index is 12.9. The molecule has 0 spiro atoms. The van der Waals surface area contributed by atoms with E-state index in [2.05, 4.69) is 27.0 Å². The highest BCUT2D eigenvalue weighted by atomic mass is 32.2. The summed E-state index contributed by atoms with van der Waals surface area (Å²) in [5.41, 5.74) is 3.74. The minimum Gasteiger partial charge on any atom is -0.497 e. The number of rotatable bonds is 8. The van der Waals surface area contributed by atoms with Gasteiger partial charge < -0.3 is 14.5 Å². The van der Waals surface area contributed by atoms with Gasteiger partial charge in [0.05, 0.1) is 7.11 Å². The molecule has 1 aliphatic heterocycles. The normalized spacial score (nSPS) is 14.1. The molecule has 0 unspecified atom stereocenters. The topological polar surface area (TPSA) is 76.4 Å². The van der Waals surface area contributed by atoms with Crippen LogP contribution in [0, 0.1) is 0 Å². The van der Waals surface area contributed by atoms with Crippen molar-refractivity contribution in [1.29, 1.82) is 0 Å². The average Bonchev–Trinajstić information content (AvgIpc) is 3.40. The Kier molecular flexibility index (Phi) is 7.82. The Morgan fingerprint density at radius 2 is 1.62 bits per heavy atom. The molecule has 0 bridgehead atoms. The molecule has 8 nitrogen and oxygen atoms in total. The lowest BCUT2D eigenvalue weighted by Crippen LogP contribution is -2.48. The van der Waals surface area contributed by atoms with Crippen molar-refractivity contribution in [2.45, 2.75) is 17.8 Å². The maximum Gasteiger partial charge on any atom is 0.253 e. The molecule has 190 valence electrons. The van der Waals surface area contributed by atoms with Crippen molar-refractivity contribution >= 4 is 17.7 Å². The second-order valence-electron chi connectivity index (χ2n) is 8.79. The van der Waals surface area contributed by atoms with Gasteiger partial charge in [-0.25, -0.2) is 0 Å². The lowest BCUT2D eigenvalue weighted by molar-refractivity contribution is 0.0643. The van der Waals surface area contributed by atoms with Crippen LogP contribution >= 0.6 is 11.8 Å². The van der Waals surface area contributed by atoms with Crippen LogP contribution in [0.5, 0.6) is 5.75 Å². The molecule has 1 fully saturated rings. The SMILES string of the molecule is CCN1CCN(C(=O)c2ccc(CSc3nnc(-c4ccncc4)n3-c3ccc(OC)cc3)cc2)CC1. The first-order chi connectivity index (χ1) is 18.2. The number of benzene rings is 2. The number of hydrogen-bond acceptors (Lipinski definition) is 7. The number of nitrogens with zero attached hydrogens (tertiary/aromatic N) is 6. The number of amides is 1. The third-order valence-corrected chi connectivity index (χ3v) is 7.58. The van der Waals surface area contributed by atoms with E-state index in [0.717, 1.165) is 71.8 Å². The molecular weight excluding hydrogens is 484 g/mol. The minimum absolute atomic E-state index is 0.108. The van der Waals surface area contributed by atoms with E-state index in [4.69, 9.17) is 4.74 Å². The molecule has 1 aliphatic rings. The quantitative estimate of drug-likeness (QED) is 0.323. The van der Waals surface area contributed by atoms with E-state index in [0.29, 0.717) is 5.75 Å². The van der Waals surface area contributed by atoms with Crippen LogP contribution in [0.3, 0.4) is 0 Å². The summed E-state index contributed by atoms with van der Waals surface area (Å²) in [6.45, 7) is 6.63. The Hall–Kier alpha value is -3.69. The van der Waals surface area contributed by atoms with E-state index >= 15 is 0 Å². The zero-order chi connectivity index (χ0) is 25.6. The molecule has 1 amide bonds. The standard InChI is InChI=1S/C28H30N6O2S/c1-3-32-16-18-33(19-17-32)27(35)23-6-4-21(5-7-23)20-37-28-31-30-26(22-12-14-29-15-13-22)34(28)24-8-10-25(36-2)11-9-24/h4-15H,3,16-20H2,1-2H3. The number of hydrogen-bond donors (Lipinski definition) is 0. The van der Waals surface area contributed by atoms with Crippen LogP contribution in [0.25, 0.3) is 17.1 Å². The van der Waals surface area contributed by atoms with Crippen LogP contribution in [-0.2, 0) is 5.75 Å². The zero-order valence-electron chi connectivity index (χ0n) is 21.1. The average molecular weight is 515 g/mol. The van der Waals surface area contributed by atoms with Crippen LogP contribution in [-0.4, -0.2) is 75.3 Å². The van der Waals surface area contributed by atoms with Crippen molar-refractivity contribution < 1.29 is 9.53 Å². The monoisotopic (exact) mass is 514 g/mol. The Morgan fingerprint density at radius 3 is 2.27 bits per heavy atom. The predicted molar refractivity (Wildman–Crippen MR) is 145 cm³/mol. The smallest absolute Gasteiger partial charge is 0.253 e. The fourth-order valence-corrected chi connectivity index (χ4v) is 5.26. The molecule has 0 radical (unpaired) electrons. The zero-order valence-corrected chi connectivity index (χ0v) is 21.9. The van der Waals surface area contributed by atoms with Gasteiger partial charge in [-0.15, -0.1) is 10.2 Å². The van der Waals surface area contributed by atoms with Crippen LogP contribution < -0.4 is 4.74 Å². The van der Waals surface area contributed by atoms with E-state index in [1.807, 2.05) is 70.1 Å². The highest BCUT2D eigenvalue weighted by molar-refractivity contribution is 7.98. The molecule has 0 atom stereocenters. The van der Waals surface area contributed by atoms with Gasteiger partial charge in [-0.2, -0.15) is 0 Å². The Bertz CT molecular complexity index is 1320. The summed E-state index contributed by atoms with van der Waals surface area (Å²) in [7, 11) is 1.66. The van der Waals surface area contributed by atoms with Crippen LogP contribution in [0.2, 0.25) is 0 Å². The summed E-state index contributed by atoms with van der Waals surface area (Å²) in [5, 5.41) is 9.79. The van der Waals surface area contributed by atoms with E-state index in [9.17, 15) is 4.79 Å². The molecule has 9 heteroatoms. The Balaban J connectivity index is 1.32. The molecule has 4 aromatic rings. The molecule has 37 heavy (non-hydrogen) atoms. The van der Waals surface area contributed by atoms with Gasteiger partial charge in [-0.3, -0.25) is 14.3 Å². The summed E-state index contributed by atoms with van der Waals surface area (Å²) in [5.74, 6) is 2.35.